The van der Waals surface area contributed by atoms with Gasteiger partial charge in [0.15, 0.2) is 28.9 Å². The Labute approximate surface area is 879 Å². The van der Waals surface area contributed by atoms with Gasteiger partial charge in [-0.1, -0.05) is 152 Å². The molecule has 866 valence electrons. The molecule has 0 spiro atoms. The number of methoxy groups -OCH3 is 7. The Balaban J connectivity index is -0.000000134. The lowest BCUT2D eigenvalue weighted by atomic mass is 10.1. The third kappa shape index (κ3) is 186. The fourth-order valence-electron chi connectivity index (χ4n) is 9.98. The molecule has 44 nitrogen and oxygen atoms in total. The Bertz CT molecular complexity index is 2590. The SMILES string of the molecule is CCC(=O)CCOCCOCCCC(=O)CO.CCCCCCCCC(=O)CO.CNC(=O)CO.CNCCCCCCCCOC(=O)CO.CNCCCCOC(=O)CO.COC(=O)CCCCCCCCOC(=O)CO.COC(=O)CI.COCCCCC(=O)CO.COCCCCCCCCC(=O)CO.COCCCCCCOC(=O)CO.COCCOC(=O)CO.COCCOCCOCCCC(=O)CO. The molecule has 0 saturated carbocycles. The second-order valence-electron chi connectivity index (χ2n) is 30.9. The molecule has 0 aliphatic rings. The van der Waals surface area contributed by atoms with Crippen molar-refractivity contribution < 1.29 is 199 Å². The van der Waals surface area contributed by atoms with Gasteiger partial charge in [0.05, 0.1) is 97.9 Å². The van der Waals surface area contributed by atoms with Crippen molar-refractivity contribution in [2.45, 2.75) is 284 Å². The summed E-state index contributed by atoms with van der Waals surface area (Å²) in [5.41, 5.74) is 0. The maximum absolute atomic E-state index is 10.9. The van der Waals surface area contributed by atoms with E-state index < -0.39 is 76.1 Å². The third-order valence-corrected chi connectivity index (χ3v) is 18.9. The van der Waals surface area contributed by atoms with E-state index in [-0.39, 0.29) is 85.6 Å². The largest absolute Gasteiger partial charge is 0.469 e. The number of aliphatic hydroxyl groups is 11. The van der Waals surface area contributed by atoms with Gasteiger partial charge in [0.2, 0.25) is 5.91 Å². The minimum absolute atomic E-state index is 0.0227. The molecular weight excluding hydrogens is 2030 g/mol. The molecule has 0 heterocycles. The molecule has 14 N–H and O–H groups in total. The van der Waals surface area contributed by atoms with Crippen molar-refractivity contribution in [3.8, 4) is 0 Å². The number of hydrogen-bond donors (Lipinski definition) is 14. The summed E-state index contributed by atoms with van der Waals surface area (Å²) in [7, 11) is 16.3. The molecule has 45 heteroatoms. The number of aliphatic hydroxyl groups excluding tert-OH is 11. The van der Waals surface area contributed by atoms with Crippen molar-refractivity contribution in [1.29, 1.82) is 0 Å². The number of carbonyl (C=O) groups is 14. The van der Waals surface area contributed by atoms with Gasteiger partial charge < -0.3 is 148 Å². The van der Waals surface area contributed by atoms with Crippen LogP contribution in [0.1, 0.15) is 284 Å². The van der Waals surface area contributed by atoms with E-state index in [2.05, 4.69) is 51.3 Å². The van der Waals surface area contributed by atoms with Gasteiger partial charge in [-0.25, -0.2) is 24.0 Å². The van der Waals surface area contributed by atoms with Crippen LogP contribution < -0.4 is 16.0 Å². The number of rotatable bonds is 87. The molecule has 0 saturated heterocycles. The van der Waals surface area contributed by atoms with Crippen LogP contribution in [-0.4, -0.2) is 419 Å². The summed E-state index contributed by atoms with van der Waals surface area (Å²) in [4.78, 5) is 147. The lowest BCUT2D eigenvalue weighted by Crippen LogP contribution is -2.20. The lowest BCUT2D eigenvalue weighted by molar-refractivity contribution is -0.148. The number of likely N-dealkylation sites (N-methyl/N-ethyl adjacent to an activating group) is 1. The molecular formula is C100H198IN3O41. The summed E-state index contributed by atoms with van der Waals surface area (Å²) in [6, 6.07) is 0. The number of halogens is 1. The zero-order valence-corrected chi connectivity index (χ0v) is 92.5. The first kappa shape index (κ1) is 164. The minimum atomic E-state index is -0.618. The van der Waals surface area contributed by atoms with Crippen molar-refractivity contribution in [1.82, 2.24) is 16.0 Å². The average molecular weight is 2230 g/mol. The van der Waals surface area contributed by atoms with Crippen molar-refractivity contribution in [3.05, 3.63) is 0 Å². The number of unbranched alkanes of at least 4 members (excludes halogenated alkanes) is 25. The van der Waals surface area contributed by atoms with Crippen LogP contribution in [0.4, 0.5) is 0 Å². The number of nitrogens with one attached hydrogen (secondary N) is 3. The number of ether oxygens (including phenoxy) is 16. The van der Waals surface area contributed by atoms with Gasteiger partial charge in [-0.2, -0.15) is 0 Å². The first-order valence-corrected chi connectivity index (χ1v) is 52.1. The summed E-state index contributed by atoms with van der Waals surface area (Å²) < 4.78 is 77.2. The van der Waals surface area contributed by atoms with E-state index in [4.69, 9.17) is 104 Å². The molecule has 1 amide bonds. The first-order valence-electron chi connectivity index (χ1n) is 50.5. The van der Waals surface area contributed by atoms with E-state index in [0.717, 1.165) is 161 Å². The maximum Gasteiger partial charge on any atom is 0.331 e. The first-order chi connectivity index (χ1) is 70.0. The van der Waals surface area contributed by atoms with Crippen LogP contribution in [0.25, 0.3) is 0 Å². The molecule has 0 unspecified atom stereocenters. The van der Waals surface area contributed by atoms with Crippen LogP contribution in [0, 0.1) is 0 Å². The Morgan fingerprint density at radius 1 is 0.214 bits per heavy atom. The number of ketones is 6. The zero-order valence-electron chi connectivity index (χ0n) is 90.4. The predicted molar refractivity (Wildman–Crippen MR) is 556 cm³/mol. The number of esters is 7. The normalized spacial score (nSPS) is 9.90. The zero-order chi connectivity index (χ0) is 112. The van der Waals surface area contributed by atoms with Gasteiger partial charge in [0, 0.05) is 127 Å². The summed E-state index contributed by atoms with van der Waals surface area (Å²) in [5.74, 6) is -3.73. The molecule has 0 aromatic rings. The van der Waals surface area contributed by atoms with E-state index in [1.165, 1.54) is 99.0 Å². The molecule has 0 aromatic carbocycles. The van der Waals surface area contributed by atoms with Crippen LogP contribution >= 0.6 is 22.6 Å². The van der Waals surface area contributed by atoms with Crippen molar-refractivity contribution in [2.24, 2.45) is 0 Å². The minimum Gasteiger partial charge on any atom is -0.469 e. The predicted octanol–water partition coefficient (Wildman–Crippen LogP) is 6.57. The molecule has 0 aliphatic heterocycles. The fourth-order valence-corrected chi connectivity index (χ4v) is 10.3. The molecule has 0 fully saturated rings. The summed E-state index contributed by atoms with van der Waals surface area (Å²) in [6.45, 7) is 10.4. The standard InChI is InChI=1S/2C12H22O5.C11H23NO3.C11H22O3.C10H20O5.C10H20O2.C9H18O4.C7H15NO3.C7H14O3.C5H10O4.C3H5IO2.C3H7NO2/c1-16-11(14)8-6-4-2-3-5-7-9-17-12(15)10-13;1-2-11(14)5-7-17-9-8-16-6-3-4-12(15)10-13;1-12-8-6-4-2-3-5-7-9-15-11(14)10-13;1-14-9-7-5-3-2-4-6-8-11(13)10-12;1-13-5-6-15-8-7-14-4-2-3-10(12)9-11;1-2-3-4-5-6-7-8-10(12)9-11;1-12-6-4-2-3-5-7-13-9(11)8-10;1-8-4-2-3-5-11-7(10)6-9;1-10-5-3-2-4-7(9)6-8;1-8-2-3-9-5(7)4-6;1-6-3(5)2-4;1-4-3(6)2-5/h2*13H,2-10H2,1H3;12-13H,2-10H2,1H3;12H,2-10H2,1H3;11H,2-9H2,1H3;11H,2-9H2,1H3;10H,2-8H2,1H3;8-9H,2-6H2,1H3;8H,2-6H2,1H3;6H,2-4H2,1H3;2H2,1H3;5H,2H2,1H3,(H,4,6). The number of amides is 1. The van der Waals surface area contributed by atoms with Crippen LogP contribution in [0.2, 0.25) is 0 Å². The molecule has 0 rings (SSSR count). The number of alkyl halides is 1. The average Bonchev–Trinajstić information content (AvgIpc) is 0.840. The lowest BCUT2D eigenvalue weighted by Gasteiger charge is -2.04. The second-order valence-corrected chi connectivity index (χ2v) is 31.7. The van der Waals surface area contributed by atoms with Gasteiger partial charge in [0.25, 0.3) is 0 Å². The van der Waals surface area contributed by atoms with Crippen LogP contribution in [-0.2, 0) is 143 Å². The quantitative estimate of drug-likeness (QED) is 0.0101. The van der Waals surface area contributed by atoms with Gasteiger partial charge in [-0.3, -0.25) is 43.2 Å². The highest BCUT2D eigenvalue weighted by Gasteiger charge is 2.08. The molecule has 145 heavy (non-hydrogen) atoms. The highest BCUT2D eigenvalue weighted by atomic mass is 127. The van der Waals surface area contributed by atoms with Gasteiger partial charge >= 0.3 is 41.8 Å². The van der Waals surface area contributed by atoms with Gasteiger partial charge in [0.1, 0.15) is 85.1 Å². The maximum atomic E-state index is 10.9. The third-order valence-electron chi connectivity index (χ3n) is 18.3. The number of carbonyl (C=O) groups excluding carboxylic acids is 14. The van der Waals surface area contributed by atoms with Crippen molar-refractivity contribution in [3.63, 3.8) is 0 Å². The molecule has 0 radical (unpaired) electrons. The van der Waals surface area contributed by atoms with Crippen LogP contribution in [0.15, 0.2) is 0 Å². The second kappa shape index (κ2) is 155. The molecule has 0 bridgehead atoms. The Morgan fingerprint density at radius 3 is 0.724 bits per heavy atom. The van der Waals surface area contributed by atoms with E-state index in [1.807, 2.05) is 43.6 Å². The van der Waals surface area contributed by atoms with Crippen LogP contribution in [0.3, 0.4) is 0 Å². The molecule has 0 aromatic heterocycles. The molecule has 0 aliphatic carbocycles. The smallest absolute Gasteiger partial charge is 0.331 e. The Morgan fingerprint density at radius 2 is 0.455 bits per heavy atom. The summed E-state index contributed by atoms with van der Waals surface area (Å²) >= 11 is 1.94. The fraction of sp³-hybridized carbons (Fsp3) is 0.860. The molecule has 0 atom stereocenters. The van der Waals surface area contributed by atoms with Crippen molar-refractivity contribution in [2.75, 3.05) is 280 Å². The van der Waals surface area contributed by atoms with E-state index in [1.54, 1.807) is 28.4 Å². The van der Waals surface area contributed by atoms with E-state index >= 15 is 0 Å². The number of Topliss-reactive ketones (excluding diaryl/α,β-unsaturated/α-hetero) is 6. The summed E-state index contributed by atoms with van der Waals surface area (Å²) in [6.07, 6.45) is 39.3. The number of hydrogen-bond acceptors (Lipinski definition) is 43. The van der Waals surface area contributed by atoms with Crippen LogP contribution in [0.5, 0.6) is 0 Å². The van der Waals surface area contributed by atoms with E-state index in [9.17, 15) is 67.1 Å². The highest BCUT2D eigenvalue weighted by Crippen LogP contribution is 2.12. The Kier molecular flexibility index (Phi) is 175. The van der Waals surface area contributed by atoms with Crippen molar-refractivity contribution >= 4 is 105 Å². The summed E-state index contributed by atoms with van der Waals surface area (Å²) in [5, 5.41) is 99.8. The van der Waals surface area contributed by atoms with E-state index in [0.29, 0.717) is 168 Å². The topological polar surface area (TPSA) is 645 Å². The van der Waals surface area contributed by atoms with Gasteiger partial charge in [-0.05, 0) is 130 Å². The Hall–Kier alpha value is -6.37. The monoisotopic (exact) mass is 2220 g/mol. The highest BCUT2D eigenvalue weighted by molar-refractivity contribution is 14.1. The van der Waals surface area contributed by atoms with Gasteiger partial charge in [-0.15, -0.1) is 0 Å².